The van der Waals surface area contributed by atoms with Crippen LogP contribution in [-0.2, 0) is 0 Å². The number of anilines is 1. The standard InChI is InChI=1S/C23H26BrN7O/c1-14-12-17(4-5-19(14)24)31-21(15(2)20(29-31)16-6-9-25-10-7-16)28-23(32)18-13-27-30-11-3-8-26-22(18)30/h3-5,8,11-13,15-16,21,25H,6-7,9-10H2,1-2H3,(H,28,32). The van der Waals surface area contributed by atoms with Crippen molar-refractivity contribution in [3.8, 4) is 0 Å². The molecule has 4 heterocycles. The highest BCUT2D eigenvalue weighted by molar-refractivity contribution is 9.10. The summed E-state index contributed by atoms with van der Waals surface area (Å²) in [5.41, 5.74) is 4.25. The van der Waals surface area contributed by atoms with Gasteiger partial charge in [0.25, 0.3) is 5.91 Å². The Morgan fingerprint density at radius 2 is 2.09 bits per heavy atom. The number of piperidine rings is 1. The van der Waals surface area contributed by atoms with Crippen molar-refractivity contribution in [3.63, 3.8) is 0 Å². The SMILES string of the molecule is Cc1cc(N2N=C(C3CCNCC3)C(C)C2NC(=O)c2cnn3cccnc23)ccc1Br. The minimum absolute atomic E-state index is 0.0841. The molecule has 166 valence electrons. The van der Waals surface area contributed by atoms with Crippen LogP contribution in [-0.4, -0.2) is 45.5 Å². The van der Waals surface area contributed by atoms with Crippen LogP contribution in [0.3, 0.4) is 0 Å². The Morgan fingerprint density at radius 3 is 2.88 bits per heavy atom. The Morgan fingerprint density at radius 1 is 1.28 bits per heavy atom. The quantitative estimate of drug-likeness (QED) is 0.579. The number of halogens is 1. The third-order valence-corrected chi connectivity index (χ3v) is 7.28. The lowest BCUT2D eigenvalue weighted by molar-refractivity contribution is 0.0933. The van der Waals surface area contributed by atoms with Crippen molar-refractivity contribution >= 4 is 38.9 Å². The van der Waals surface area contributed by atoms with Crippen molar-refractivity contribution in [2.24, 2.45) is 16.9 Å². The van der Waals surface area contributed by atoms with Crippen LogP contribution in [0.1, 0.15) is 35.7 Å². The molecular formula is C23H26BrN7O. The topological polar surface area (TPSA) is 86.9 Å². The second kappa shape index (κ2) is 8.63. The molecule has 0 bridgehead atoms. The maximum atomic E-state index is 13.3. The summed E-state index contributed by atoms with van der Waals surface area (Å²) in [5, 5.41) is 18.0. The summed E-state index contributed by atoms with van der Waals surface area (Å²) in [6, 6.07) is 7.95. The maximum Gasteiger partial charge on any atom is 0.258 e. The number of aryl methyl sites for hydroxylation is 1. The van der Waals surface area contributed by atoms with Crippen LogP contribution in [0.25, 0.3) is 5.65 Å². The Labute approximate surface area is 195 Å². The van der Waals surface area contributed by atoms with E-state index in [0.717, 1.165) is 47.4 Å². The fourth-order valence-electron chi connectivity index (χ4n) is 4.60. The molecule has 2 unspecified atom stereocenters. The first kappa shape index (κ1) is 21.1. The van der Waals surface area contributed by atoms with Crippen molar-refractivity contribution in [2.45, 2.75) is 32.9 Å². The first-order valence-electron chi connectivity index (χ1n) is 11.0. The summed E-state index contributed by atoms with van der Waals surface area (Å²) in [7, 11) is 0. The molecule has 1 saturated heterocycles. The second-order valence-corrected chi connectivity index (χ2v) is 9.33. The van der Waals surface area contributed by atoms with E-state index >= 15 is 0 Å². The van der Waals surface area contributed by atoms with Crippen LogP contribution in [0.2, 0.25) is 0 Å². The van der Waals surface area contributed by atoms with Crippen LogP contribution < -0.4 is 15.6 Å². The fraction of sp³-hybridized carbons (Fsp3) is 0.391. The number of carbonyl (C=O) groups is 1. The zero-order valence-corrected chi connectivity index (χ0v) is 19.7. The van der Waals surface area contributed by atoms with Crippen molar-refractivity contribution in [2.75, 3.05) is 18.1 Å². The Balaban J connectivity index is 1.48. The molecular weight excluding hydrogens is 470 g/mol. The Hall–Kier alpha value is -2.78. The molecule has 0 aliphatic carbocycles. The smallest absolute Gasteiger partial charge is 0.258 e. The van der Waals surface area contributed by atoms with Gasteiger partial charge in [0.2, 0.25) is 0 Å². The summed E-state index contributed by atoms with van der Waals surface area (Å²) in [6.07, 6.45) is 6.87. The number of hydrogen-bond acceptors (Lipinski definition) is 6. The summed E-state index contributed by atoms with van der Waals surface area (Å²) >= 11 is 3.58. The largest absolute Gasteiger partial charge is 0.329 e. The number of nitrogens with zero attached hydrogens (tertiary/aromatic N) is 5. The van der Waals surface area contributed by atoms with Gasteiger partial charge in [-0.2, -0.15) is 10.2 Å². The van der Waals surface area contributed by atoms with Gasteiger partial charge in [-0.05, 0) is 62.7 Å². The van der Waals surface area contributed by atoms with Crippen LogP contribution in [0.5, 0.6) is 0 Å². The average Bonchev–Trinajstić information content (AvgIpc) is 3.38. The van der Waals surface area contributed by atoms with Gasteiger partial charge in [0.05, 0.1) is 11.9 Å². The highest BCUT2D eigenvalue weighted by Gasteiger charge is 2.40. The van der Waals surface area contributed by atoms with E-state index < -0.39 is 0 Å². The third kappa shape index (κ3) is 3.80. The van der Waals surface area contributed by atoms with E-state index in [2.05, 4.69) is 56.6 Å². The molecule has 0 radical (unpaired) electrons. The molecule has 2 aromatic heterocycles. The molecule has 5 rings (SSSR count). The number of hydrogen-bond donors (Lipinski definition) is 2. The number of benzene rings is 1. The van der Waals surface area contributed by atoms with E-state index in [0.29, 0.717) is 17.1 Å². The summed E-state index contributed by atoms with van der Waals surface area (Å²) in [6.45, 7) is 6.21. The first-order chi connectivity index (χ1) is 15.5. The lowest BCUT2D eigenvalue weighted by Gasteiger charge is -2.28. The number of rotatable bonds is 4. The van der Waals surface area contributed by atoms with E-state index in [9.17, 15) is 4.79 Å². The van der Waals surface area contributed by atoms with Gasteiger partial charge in [0.1, 0.15) is 11.7 Å². The van der Waals surface area contributed by atoms with Crippen LogP contribution in [0.15, 0.2) is 52.4 Å². The predicted molar refractivity (Wildman–Crippen MR) is 128 cm³/mol. The van der Waals surface area contributed by atoms with Gasteiger partial charge in [0, 0.05) is 34.4 Å². The zero-order valence-electron chi connectivity index (χ0n) is 18.1. The van der Waals surface area contributed by atoms with Crippen LogP contribution >= 0.6 is 15.9 Å². The maximum absolute atomic E-state index is 13.3. The first-order valence-corrected chi connectivity index (χ1v) is 11.8. The Bertz CT molecular complexity index is 1180. The highest BCUT2D eigenvalue weighted by atomic mass is 79.9. The van der Waals surface area contributed by atoms with Crippen molar-refractivity contribution in [1.82, 2.24) is 25.2 Å². The molecule has 0 saturated carbocycles. The predicted octanol–water partition coefficient (Wildman–Crippen LogP) is 3.37. The van der Waals surface area contributed by atoms with E-state index in [1.807, 2.05) is 17.1 Å². The number of carbonyl (C=O) groups excluding carboxylic acids is 1. The molecule has 8 nitrogen and oxygen atoms in total. The molecule has 2 N–H and O–H groups in total. The lowest BCUT2D eigenvalue weighted by atomic mass is 9.85. The second-order valence-electron chi connectivity index (χ2n) is 8.48. The number of aromatic nitrogens is 3. The summed E-state index contributed by atoms with van der Waals surface area (Å²) in [5.74, 6) is 0.308. The molecule has 2 atom stereocenters. The molecule has 1 aromatic carbocycles. The fourth-order valence-corrected chi connectivity index (χ4v) is 4.84. The molecule has 1 amide bonds. The monoisotopic (exact) mass is 495 g/mol. The molecule has 3 aromatic rings. The van der Waals surface area contributed by atoms with Crippen molar-refractivity contribution < 1.29 is 4.79 Å². The normalized spacial score (nSPS) is 21.7. The average molecular weight is 496 g/mol. The molecule has 1 fully saturated rings. The minimum atomic E-state index is -0.286. The molecule has 9 heteroatoms. The zero-order chi connectivity index (χ0) is 22.2. The van der Waals surface area contributed by atoms with Gasteiger partial charge in [-0.3, -0.25) is 4.79 Å². The Kier molecular flexibility index (Phi) is 5.69. The number of fused-ring (bicyclic) bond motifs is 1. The lowest BCUT2D eigenvalue weighted by Crippen LogP contribution is -2.48. The van der Waals surface area contributed by atoms with E-state index in [4.69, 9.17) is 5.10 Å². The van der Waals surface area contributed by atoms with E-state index in [1.54, 1.807) is 29.2 Å². The van der Waals surface area contributed by atoms with Crippen LogP contribution in [0, 0.1) is 18.8 Å². The van der Waals surface area contributed by atoms with E-state index in [-0.39, 0.29) is 18.0 Å². The van der Waals surface area contributed by atoms with Gasteiger partial charge >= 0.3 is 0 Å². The number of nitrogens with one attached hydrogen (secondary N) is 2. The third-order valence-electron chi connectivity index (χ3n) is 6.39. The van der Waals surface area contributed by atoms with Gasteiger partial charge in [0.15, 0.2) is 5.65 Å². The van der Waals surface area contributed by atoms with Gasteiger partial charge < -0.3 is 10.6 Å². The van der Waals surface area contributed by atoms with Crippen molar-refractivity contribution in [3.05, 3.63) is 58.5 Å². The molecule has 2 aliphatic rings. The van der Waals surface area contributed by atoms with Crippen molar-refractivity contribution in [1.29, 1.82) is 0 Å². The van der Waals surface area contributed by atoms with Crippen LogP contribution in [0.4, 0.5) is 5.69 Å². The van der Waals surface area contributed by atoms with E-state index in [1.165, 1.54) is 0 Å². The number of hydrazone groups is 1. The minimum Gasteiger partial charge on any atom is -0.329 e. The molecule has 2 aliphatic heterocycles. The highest BCUT2D eigenvalue weighted by Crippen LogP contribution is 2.34. The summed E-state index contributed by atoms with van der Waals surface area (Å²) < 4.78 is 2.66. The summed E-state index contributed by atoms with van der Waals surface area (Å²) in [4.78, 5) is 17.6. The number of amides is 1. The molecule has 0 spiro atoms. The van der Waals surface area contributed by atoms with Gasteiger partial charge in [-0.1, -0.05) is 22.9 Å². The van der Waals surface area contributed by atoms with Gasteiger partial charge in [-0.15, -0.1) is 0 Å². The van der Waals surface area contributed by atoms with Gasteiger partial charge in [-0.25, -0.2) is 14.5 Å². The molecule has 32 heavy (non-hydrogen) atoms.